The quantitative estimate of drug-likeness (QED) is 0.308. The smallest absolute Gasteiger partial charge is 0.342 e. The Labute approximate surface area is 251 Å². The second kappa shape index (κ2) is 15.0. The van der Waals surface area contributed by atoms with Crippen LogP contribution in [-0.2, 0) is 20.9 Å². The Bertz CT molecular complexity index is 1430. The van der Waals surface area contributed by atoms with Crippen LogP contribution in [0.2, 0.25) is 0 Å². The zero-order chi connectivity index (χ0) is 30.8. The predicted octanol–water partition coefficient (Wildman–Crippen LogP) is 5.12. The minimum absolute atomic E-state index is 0.0541. The van der Waals surface area contributed by atoms with E-state index >= 15 is 0 Å². The summed E-state index contributed by atoms with van der Waals surface area (Å²) in [5, 5.41) is 25.8. The molecule has 10 heteroatoms. The number of hydrogen-bond donors (Lipinski definition) is 3. The van der Waals surface area contributed by atoms with Crippen molar-refractivity contribution >= 4 is 23.7 Å². The molecule has 2 aromatic carbocycles. The van der Waals surface area contributed by atoms with Crippen molar-refractivity contribution in [1.82, 2.24) is 14.9 Å². The number of ether oxygens (including phenoxy) is 2. The fraction of sp³-hybridized carbons (Fsp3) is 0.394. The molecule has 1 aliphatic heterocycles. The fourth-order valence-corrected chi connectivity index (χ4v) is 5.24. The Morgan fingerprint density at radius 1 is 1.19 bits per heavy atom. The van der Waals surface area contributed by atoms with Gasteiger partial charge < -0.3 is 29.6 Å². The molecule has 1 unspecified atom stereocenters. The number of phenols is 2. The molecule has 10 nitrogen and oxygen atoms in total. The van der Waals surface area contributed by atoms with Crippen LogP contribution < -0.4 is 10.1 Å². The lowest BCUT2D eigenvalue weighted by atomic mass is 9.84. The molecular weight excluding hydrogens is 550 g/mol. The number of nitrogens with one attached hydrogen (secondary N) is 1. The van der Waals surface area contributed by atoms with E-state index < -0.39 is 23.7 Å². The van der Waals surface area contributed by atoms with E-state index in [2.05, 4.69) is 10.3 Å². The van der Waals surface area contributed by atoms with Gasteiger partial charge in [0.1, 0.15) is 28.6 Å². The zero-order valence-corrected chi connectivity index (χ0v) is 24.6. The number of ketones is 1. The van der Waals surface area contributed by atoms with Crippen molar-refractivity contribution in [3.8, 4) is 17.2 Å². The van der Waals surface area contributed by atoms with Crippen molar-refractivity contribution in [3.63, 3.8) is 0 Å². The Kier molecular flexibility index (Phi) is 11.0. The minimum atomic E-state index is -0.794. The number of fused-ring (bicyclic) bond motifs is 1. The number of carbonyl (C=O) groups is 3. The topological polar surface area (TPSA) is 140 Å². The Morgan fingerprint density at radius 2 is 1.95 bits per heavy atom. The second-order valence-electron chi connectivity index (χ2n) is 10.7. The summed E-state index contributed by atoms with van der Waals surface area (Å²) in [6.45, 7) is 2.63. The number of cyclic esters (lactones) is 1. The number of aromatic hydroxyl groups is 2. The molecule has 2 heterocycles. The normalized spacial score (nSPS) is 16.9. The molecule has 1 aliphatic rings. The molecule has 3 N–H and O–H groups in total. The summed E-state index contributed by atoms with van der Waals surface area (Å²) in [6, 6.07) is 8.40. The molecule has 4 rings (SSSR count). The van der Waals surface area contributed by atoms with Crippen molar-refractivity contribution in [2.45, 2.75) is 70.4 Å². The number of benzene rings is 2. The first kappa shape index (κ1) is 31.3. The average molecular weight is 590 g/mol. The summed E-state index contributed by atoms with van der Waals surface area (Å²) in [5.41, 5.74) is 0.901. The van der Waals surface area contributed by atoms with Gasteiger partial charge in [0.05, 0.1) is 19.5 Å². The monoisotopic (exact) mass is 589 g/mol. The lowest BCUT2D eigenvalue weighted by Gasteiger charge is -2.23. The van der Waals surface area contributed by atoms with Gasteiger partial charge >= 0.3 is 5.97 Å². The maximum atomic E-state index is 13.5. The average Bonchev–Trinajstić information content (AvgIpc) is 3.49. The van der Waals surface area contributed by atoms with Crippen molar-refractivity contribution in [2.24, 2.45) is 0 Å². The molecule has 0 bridgehead atoms. The minimum Gasteiger partial charge on any atom is -0.507 e. The molecule has 0 aliphatic carbocycles. The molecule has 43 heavy (non-hydrogen) atoms. The predicted molar refractivity (Wildman–Crippen MR) is 161 cm³/mol. The van der Waals surface area contributed by atoms with E-state index in [1.54, 1.807) is 63.1 Å². The van der Waals surface area contributed by atoms with E-state index in [0.717, 1.165) is 0 Å². The number of nitrogens with zero attached hydrogens (tertiary/aromatic N) is 2. The van der Waals surface area contributed by atoms with Gasteiger partial charge in [0.2, 0.25) is 5.91 Å². The maximum absolute atomic E-state index is 13.5. The van der Waals surface area contributed by atoms with E-state index in [9.17, 15) is 24.6 Å². The van der Waals surface area contributed by atoms with E-state index in [0.29, 0.717) is 62.9 Å². The van der Waals surface area contributed by atoms with Crippen molar-refractivity contribution in [3.05, 3.63) is 77.4 Å². The first-order valence-electron chi connectivity index (χ1n) is 14.6. The number of allylic oxidation sites excluding steroid dienone is 1. The number of imidazole rings is 1. The molecule has 228 valence electrons. The van der Waals surface area contributed by atoms with Crippen LogP contribution in [-0.4, -0.2) is 57.2 Å². The summed E-state index contributed by atoms with van der Waals surface area (Å²) < 4.78 is 12.8. The third-order valence-corrected chi connectivity index (χ3v) is 7.56. The largest absolute Gasteiger partial charge is 0.507 e. The molecule has 1 amide bonds. The third-order valence-electron chi connectivity index (χ3n) is 7.56. The highest BCUT2D eigenvalue weighted by Gasteiger charge is 2.31. The van der Waals surface area contributed by atoms with Gasteiger partial charge in [-0.3, -0.25) is 9.59 Å². The van der Waals surface area contributed by atoms with Crippen LogP contribution in [0.5, 0.6) is 17.2 Å². The van der Waals surface area contributed by atoms with Gasteiger partial charge in [-0.25, -0.2) is 9.78 Å². The lowest BCUT2D eigenvalue weighted by molar-refractivity contribution is -0.121. The second-order valence-corrected chi connectivity index (χ2v) is 10.7. The molecular formula is C33H39N3O7. The van der Waals surface area contributed by atoms with Gasteiger partial charge in [0.25, 0.3) is 0 Å². The Balaban J connectivity index is 1.71. The van der Waals surface area contributed by atoms with Crippen LogP contribution in [0.15, 0.2) is 55.1 Å². The Morgan fingerprint density at radius 3 is 2.67 bits per heavy atom. The highest BCUT2D eigenvalue weighted by atomic mass is 16.5. The highest BCUT2D eigenvalue weighted by Crippen LogP contribution is 2.44. The molecule has 0 fully saturated rings. The van der Waals surface area contributed by atoms with E-state index in [1.165, 1.54) is 6.07 Å². The zero-order valence-electron chi connectivity index (χ0n) is 24.6. The van der Waals surface area contributed by atoms with Crippen LogP contribution in [0.3, 0.4) is 0 Å². The van der Waals surface area contributed by atoms with Crippen LogP contribution in [0.25, 0.3) is 6.08 Å². The number of methoxy groups -OCH3 is 1. The van der Waals surface area contributed by atoms with Crippen molar-refractivity contribution < 1.29 is 34.1 Å². The summed E-state index contributed by atoms with van der Waals surface area (Å²) >= 11 is 0. The number of esters is 1. The number of amides is 1. The number of hydrogen-bond acceptors (Lipinski definition) is 8. The molecule has 3 aromatic rings. The molecule has 0 radical (unpaired) electrons. The maximum Gasteiger partial charge on any atom is 0.342 e. The number of carbonyl (C=O) groups excluding carboxylic acids is 3. The van der Waals surface area contributed by atoms with Gasteiger partial charge in [-0.15, -0.1) is 0 Å². The van der Waals surface area contributed by atoms with Gasteiger partial charge in [-0.1, -0.05) is 24.3 Å². The van der Waals surface area contributed by atoms with Crippen LogP contribution in [0, 0.1) is 0 Å². The number of Topliss-reactive ketones (excluding diaryl/α,β-unsaturated/α-hetero) is 1. The van der Waals surface area contributed by atoms with E-state index in [-0.39, 0.29) is 40.6 Å². The SMILES string of the molecule is COc1ccc(C(CC(=O)NCCn2ccnc2)c2c(O)cc3c(c2O)C(=O)O[C@@H](C)CCCC(=O)CCCC=C3)cc1. The molecule has 1 aromatic heterocycles. The number of rotatable bonds is 8. The summed E-state index contributed by atoms with van der Waals surface area (Å²) in [5.74, 6) is -1.75. The Hall–Kier alpha value is -4.60. The summed E-state index contributed by atoms with van der Waals surface area (Å²) in [7, 11) is 1.55. The van der Waals surface area contributed by atoms with Crippen LogP contribution in [0.1, 0.15) is 84.8 Å². The van der Waals surface area contributed by atoms with E-state index in [4.69, 9.17) is 9.47 Å². The van der Waals surface area contributed by atoms with Gasteiger partial charge in [-0.2, -0.15) is 0 Å². The van der Waals surface area contributed by atoms with Crippen molar-refractivity contribution in [1.29, 1.82) is 0 Å². The molecule has 2 atom stereocenters. The molecule has 0 spiro atoms. The standard InChI is InChI=1S/C33H39N3O7/c1-22-7-6-10-25(37)9-5-3-4-8-24-19-28(38)31(32(40)30(24)33(41)43-22)27(23-11-13-26(42-2)14-12-23)20-29(39)35-16-18-36-17-15-34-21-36/h4,8,11-15,17,19,21-22,27,38,40H,3,5-7,9-10,16,18,20H2,1-2H3,(H,35,39)/t22-,27?/m0/s1. The molecule has 0 saturated carbocycles. The van der Waals surface area contributed by atoms with Gasteiger partial charge in [0, 0.05) is 56.2 Å². The van der Waals surface area contributed by atoms with Gasteiger partial charge in [0.15, 0.2) is 0 Å². The van der Waals surface area contributed by atoms with Gasteiger partial charge in [-0.05, 0) is 61.9 Å². The van der Waals surface area contributed by atoms with Crippen LogP contribution in [0.4, 0.5) is 0 Å². The van der Waals surface area contributed by atoms with Crippen molar-refractivity contribution in [2.75, 3.05) is 13.7 Å². The number of phenolic OH excluding ortho intramolecular Hbond substituents is 2. The first-order chi connectivity index (χ1) is 20.8. The number of aromatic nitrogens is 2. The van der Waals surface area contributed by atoms with E-state index in [1.807, 2.05) is 10.6 Å². The lowest BCUT2D eigenvalue weighted by Crippen LogP contribution is -2.28. The third kappa shape index (κ3) is 8.47. The summed E-state index contributed by atoms with van der Waals surface area (Å²) in [6.07, 6.45) is 11.2. The first-order valence-corrected chi connectivity index (χ1v) is 14.6. The van der Waals surface area contributed by atoms with Crippen LogP contribution >= 0.6 is 0 Å². The fourth-order valence-electron chi connectivity index (χ4n) is 5.24. The highest BCUT2D eigenvalue weighted by molar-refractivity contribution is 5.98. The summed E-state index contributed by atoms with van der Waals surface area (Å²) in [4.78, 5) is 42.8. The molecule has 0 saturated heterocycles.